The van der Waals surface area contributed by atoms with Gasteiger partial charge in [0.05, 0.1) is 11.6 Å². The van der Waals surface area contributed by atoms with Crippen LogP contribution in [0.25, 0.3) is 0 Å². The van der Waals surface area contributed by atoms with Crippen LogP contribution in [-0.2, 0) is 0 Å². The summed E-state index contributed by atoms with van der Waals surface area (Å²) in [5.41, 5.74) is 4.40. The number of amides is 1. The predicted molar refractivity (Wildman–Crippen MR) is 107 cm³/mol. The Morgan fingerprint density at radius 3 is 2.63 bits per heavy atom. The van der Waals surface area contributed by atoms with Crippen molar-refractivity contribution in [3.05, 3.63) is 83.7 Å². The molecule has 1 N–H and O–H groups in total. The van der Waals surface area contributed by atoms with Crippen molar-refractivity contribution in [1.29, 1.82) is 5.26 Å². The first-order valence-corrected chi connectivity index (χ1v) is 8.72. The molecule has 0 unspecified atom stereocenters. The second kappa shape index (κ2) is 8.15. The quantitative estimate of drug-likeness (QED) is 0.721. The van der Waals surface area contributed by atoms with Crippen molar-refractivity contribution in [3.63, 3.8) is 0 Å². The Bertz CT molecular complexity index is 1010. The summed E-state index contributed by atoms with van der Waals surface area (Å²) in [4.78, 5) is 18.9. The minimum absolute atomic E-state index is 0.155. The maximum atomic E-state index is 13.0. The minimum atomic E-state index is -0.155. The lowest BCUT2D eigenvalue weighted by Gasteiger charge is -2.21. The van der Waals surface area contributed by atoms with Gasteiger partial charge in [-0.15, -0.1) is 0 Å². The number of aromatic nitrogens is 1. The molecule has 5 nitrogen and oxygen atoms in total. The topological polar surface area (TPSA) is 69.0 Å². The van der Waals surface area contributed by atoms with Gasteiger partial charge in [-0.3, -0.25) is 9.78 Å². The first kappa shape index (κ1) is 18.2. The average Bonchev–Trinajstić information content (AvgIpc) is 2.69. The normalized spacial score (nSPS) is 10.1. The zero-order valence-corrected chi connectivity index (χ0v) is 15.3. The number of pyridine rings is 1. The van der Waals surface area contributed by atoms with E-state index in [2.05, 4.69) is 16.4 Å². The molecule has 1 amide bonds. The van der Waals surface area contributed by atoms with Crippen molar-refractivity contribution in [1.82, 2.24) is 4.98 Å². The Morgan fingerprint density at radius 2 is 1.89 bits per heavy atom. The Balaban J connectivity index is 1.85. The van der Waals surface area contributed by atoms with Gasteiger partial charge in [0.15, 0.2) is 0 Å². The third-order valence-electron chi connectivity index (χ3n) is 4.13. The summed E-state index contributed by atoms with van der Waals surface area (Å²) >= 11 is 0. The standard InChI is InChI=1S/C22H20N4O/c1-3-26(20-9-4-6-16(2)12-20)22(27)21-14-19(10-11-24-21)25-18-8-5-7-17(13-18)15-23/h4-14H,3H2,1-2H3,(H,24,25). The van der Waals surface area contributed by atoms with Crippen molar-refractivity contribution in [3.8, 4) is 6.07 Å². The Hall–Kier alpha value is -3.65. The summed E-state index contributed by atoms with van der Waals surface area (Å²) in [5, 5.41) is 12.2. The molecule has 0 bridgehead atoms. The summed E-state index contributed by atoms with van der Waals surface area (Å²) in [6.07, 6.45) is 1.60. The van der Waals surface area contributed by atoms with Crippen molar-refractivity contribution < 1.29 is 4.79 Å². The van der Waals surface area contributed by atoms with Gasteiger partial charge in [-0.2, -0.15) is 5.26 Å². The summed E-state index contributed by atoms with van der Waals surface area (Å²) < 4.78 is 0. The molecule has 0 atom stereocenters. The molecule has 134 valence electrons. The summed E-state index contributed by atoms with van der Waals surface area (Å²) in [6.45, 7) is 4.49. The number of aryl methyl sites for hydroxylation is 1. The molecule has 3 rings (SSSR count). The van der Waals surface area contributed by atoms with Gasteiger partial charge in [-0.25, -0.2) is 0 Å². The van der Waals surface area contributed by atoms with E-state index in [1.165, 1.54) is 0 Å². The first-order chi connectivity index (χ1) is 13.1. The van der Waals surface area contributed by atoms with Crippen LogP contribution in [0, 0.1) is 18.3 Å². The molecule has 1 heterocycles. The lowest BCUT2D eigenvalue weighted by atomic mass is 10.2. The van der Waals surface area contributed by atoms with Gasteiger partial charge in [0.2, 0.25) is 0 Å². The van der Waals surface area contributed by atoms with Crippen LogP contribution in [0.4, 0.5) is 17.1 Å². The molecule has 0 aliphatic heterocycles. The average molecular weight is 356 g/mol. The van der Waals surface area contributed by atoms with Crippen molar-refractivity contribution >= 4 is 23.0 Å². The van der Waals surface area contributed by atoms with Crippen LogP contribution in [0.5, 0.6) is 0 Å². The van der Waals surface area contributed by atoms with Gasteiger partial charge in [-0.05, 0) is 61.9 Å². The molecule has 0 saturated heterocycles. The van der Waals surface area contributed by atoms with Crippen LogP contribution >= 0.6 is 0 Å². The largest absolute Gasteiger partial charge is 0.355 e. The number of nitrogens with one attached hydrogen (secondary N) is 1. The highest BCUT2D eigenvalue weighted by Crippen LogP contribution is 2.21. The first-order valence-electron chi connectivity index (χ1n) is 8.72. The Labute approximate surface area is 158 Å². The van der Waals surface area contributed by atoms with Gasteiger partial charge >= 0.3 is 0 Å². The number of carbonyl (C=O) groups is 1. The fourth-order valence-electron chi connectivity index (χ4n) is 2.84. The number of carbonyl (C=O) groups excluding carboxylic acids is 1. The smallest absolute Gasteiger partial charge is 0.276 e. The highest BCUT2D eigenvalue weighted by atomic mass is 16.2. The van der Waals surface area contributed by atoms with Crippen LogP contribution in [0.1, 0.15) is 28.5 Å². The van der Waals surface area contributed by atoms with E-state index in [4.69, 9.17) is 5.26 Å². The van der Waals surface area contributed by atoms with Gasteiger partial charge in [0.1, 0.15) is 5.69 Å². The third-order valence-corrected chi connectivity index (χ3v) is 4.13. The molecule has 5 heteroatoms. The van der Waals surface area contributed by atoms with Gasteiger partial charge in [-0.1, -0.05) is 18.2 Å². The maximum Gasteiger partial charge on any atom is 0.276 e. The molecule has 0 aliphatic rings. The number of nitrogens with zero attached hydrogens (tertiary/aromatic N) is 3. The van der Waals surface area contributed by atoms with Crippen LogP contribution in [0.3, 0.4) is 0 Å². The number of hydrogen-bond donors (Lipinski definition) is 1. The Morgan fingerprint density at radius 1 is 1.11 bits per heavy atom. The zero-order chi connectivity index (χ0) is 19.2. The van der Waals surface area contributed by atoms with Crippen LogP contribution in [-0.4, -0.2) is 17.4 Å². The molecule has 2 aromatic carbocycles. The molecule has 1 aromatic heterocycles. The van der Waals surface area contributed by atoms with E-state index in [1.54, 1.807) is 35.4 Å². The van der Waals surface area contributed by atoms with Gasteiger partial charge < -0.3 is 10.2 Å². The summed E-state index contributed by atoms with van der Waals surface area (Å²) in [6, 6.07) is 20.6. The van der Waals surface area contributed by atoms with Crippen LogP contribution in [0.15, 0.2) is 66.9 Å². The zero-order valence-electron chi connectivity index (χ0n) is 15.3. The number of benzene rings is 2. The van der Waals surface area contributed by atoms with Crippen LogP contribution in [0.2, 0.25) is 0 Å². The van der Waals surface area contributed by atoms with Gasteiger partial charge in [0, 0.05) is 29.8 Å². The van der Waals surface area contributed by atoms with Gasteiger partial charge in [0.25, 0.3) is 5.91 Å². The highest BCUT2D eigenvalue weighted by Gasteiger charge is 2.18. The molecular weight excluding hydrogens is 336 g/mol. The van der Waals surface area contributed by atoms with Crippen molar-refractivity contribution in [2.24, 2.45) is 0 Å². The molecule has 27 heavy (non-hydrogen) atoms. The third kappa shape index (κ3) is 4.31. The fraction of sp³-hybridized carbons (Fsp3) is 0.136. The minimum Gasteiger partial charge on any atom is -0.355 e. The van der Waals surface area contributed by atoms with E-state index in [1.807, 2.05) is 50.2 Å². The SMILES string of the molecule is CCN(C(=O)c1cc(Nc2cccc(C#N)c2)ccn1)c1cccc(C)c1. The number of hydrogen-bond acceptors (Lipinski definition) is 4. The maximum absolute atomic E-state index is 13.0. The van der Waals surface area contributed by atoms with E-state index in [-0.39, 0.29) is 5.91 Å². The summed E-state index contributed by atoms with van der Waals surface area (Å²) in [7, 11) is 0. The second-order valence-electron chi connectivity index (χ2n) is 6.14. The monoisotopic (exact) mass is 356 g/mol. The molecule has 0 fully saturated rings. The second-order valence-corrected chi connectivity index (χ2v) is 6.14. The lowest BCUT2D eigenvalue weighted by molar-refractivity contribution is 0.0983. The molecule has 0 spiro atoms. The predicted octanol–water partition coefficient (Wildman–Crippen LogP) is 4.67. The molecule has 3 aromatic rings. The highest BCUT2D eigenvalue weighted by molar-refractivity contribution is 6.05. The van der Waals surface area contributed by atoms with E-state index in [0.29, 0.717) is 17.8 Å². The molecule has 0 saturated carbocycles. The lowest BCUT2D eigenvalue weighted by Crippen LogP contribution is -2.31. The summed E-state index contributed by atoms with van der Waals surface area (Å²) in [5.74, 6) is -0.155. The molecule has 0 aliphatic carbocycles. The number of rotatable bonds is 5. The van der Waals surface area contributed by atoms with E-state index < -0.39 is 0 Å². The van der Waals surface area contributed by atoms with Crippen molar-refractivity contribution in [2.75, 3.05) is 16.8 Å². The molecule has 0 radical (unpaired) electrons. The Kier molecular flexibility index (Phi) is 5.48. The van der Waals surface area contributed by atoms with Crippen LogP contribution < -0.4 is 10.2 Å². The number of anilines is 3. The van der Waals surface area contributed by atoms with Crippen molar-refractivity contribution in [2.45, 2.75) is 13.8 Å². The number of nitriles is 1. The van der Waals surface area contributed by atoms with E-state index in [0.717, 1.165) is 22.6 Å². The van der Waals surface area contributed by atoms with E-state index >= 15 is 0 Å². The fourth-order valence-corrected chi connectivity index (χ4v) is 2.84. The molecular formula is C22H20N4O. The van der Waals surface area contributed by atoms with E-state index in [9.17, 15) is 4.79 Å².